The predicted octanol–water partition coefficient (Wildman–Crippen LogP) is 5.90. The van der Waals surface area contributed by atoms with Gasteiger partial charge >= 0.3 is 6.09 Å². The van der Waals surface area contributed by atoms with Crippen LogP contribution in [0.25, 0.3) is 0 Å². The van der Waals surface area contributed by atoms with Gasteiger partial charge in [-0.1, -0.05) is 24.3 Å². The molecule has 1 saturated carbocycles. The van der Waals surface area contributed by atoms with Crippen LogP contribution in [0.4, 0.5) is 16.2 Å². The largest absolute Gasteiger partial charge is 0.444 e. The van der Waals surface area contributed by atoms with E-state index in [1.54, 1.807) is 4.90 Å². The first-order valence-corrected chi connectivity index (χ1v) is 13.1. The number of anilines is 2. The van der Waals surface area contributed by atoms with Gasteiger partial charge in [0.15, 0.2) is 0 Å². The van der Waals surface area contributed by atoms with Crippen molar-refractivity contribution in [1.82, 2.24) is 4.90 Å². The Kier molecular flexibility index (Phi) is 5.66. The zero-order valence-electron chi connectivity index (χ0n) is 22.7. The van der Waals surface area contributed by atoms with E-state index < -0.39 is 16.6 Å². The molecule has 2 aromatic rings. The summed E-state index contributed by atoms with van der Waals surface area (Å²) in [7, 11) is 0. The Morgan fingerprint density at radius 1 is 1.08 bits per heavy atom. The van der Waals surface area contributed by atoms with Crippen molar-refractivity contribution >= 4 is 23.4 Å². The van der Waals surface area contributed by atoms with Crippen LogP contribution in [0.1, 0.15) is 69.7 Å². The van der Waals surface area contributed by atoms with E-state index in [1.165, 1.54) is 29.5 Å². The Bertz CT molecular complexity index is 1220. The van der Waals surface area contributed by atoms with Crippen molar-refractivity contribution in [1.29, 1.82) is 0 Å². The van der Waals surface area contributed by atoms with Gasteiger partial charge in [-0.25, -0.2) is 4.79 Å². The lowest BCUT2D eigenvalue weighted by atomic mass is 9.79. The fourth-order valence-electron chi connectivity index (χ4n) is 5.59. The van der Waals surface area contributed by atoms with E-state index >= 15 is 0 Å². The van der Waals surface area contributed by atoms with Crippen LogP contribution >= 0.6 is 0 Å². The van der Waals surface area contributed by atoms with Gasteiger partial charge in [0.2, 0.25) is 5.91 Å². The molecule has 0 aromatic heterocycles. The molecular weight excluding hydrogens is 450 g/mol. The summed E-state index contributed by atoms with van der Waals surface area (Å²) < 4.78 is 5.64. The van der Waals surface area contributed by atoms with E-state index in [0.29, 0.717) is 19.0 Å². The van der Waals surface area contributed by atoms with Crippen LogP contribution in [0.3, 0.4) is 0 Å². The molecule has 3 aliphatic rings. The molecule has 36 heavy (non-hydrogen) atoms. The van der Waals surface area contributed by atoms with Gasteiger partial charge < -0.3 is 19.9 Å². The monoisotopic (exact) mass is 489 g/mol. The number of ether oxygens (including phenoxy) is 1. The van der Waals surface area contributed by atoms with Crippen molar-refractivity contribution in [3.63, 3.8) is 0 Å². The van der Waals surface area contributed by atoms with E-state index in [9.17, 15) is 9.59 Å². The van der Waals surface area contributed by atoms with Crippen LogP contribution in [0.15, 0.2) is 36.4 Å². The molecule has 6 nitrogen and oxygen atoms in total. The normalized spacial score (nSPS) is 20.1. The highest BCUT2D eigenvalue weighted by molar-refractivity contribution is 6.08. The number of nitrogens with one attached hydrogen (secondary N) is 1. The smallest absolute Gasteiger partial charge is 0.410 e. The molecule has 2 heterocycles. The average Bonchev–Trinajstić information content (AvgIpc) is 3.56. The SMILES string of the molecule is Cc1cccc(C2(Nc3ccc4c(c3)N(CC3CC3)C(=O)C4(C)C)CN(C(=O)OC(C)(C)C)C2)c1C. The van der Waals surface area contributed by atoms with Crippen LogP contribution in [-0.4, -0.2) is 42.1 Å². The summed E-state index contributed by atoms with van der Waals surface area (Å²) in [6, 6.07) is 12.7. The maximum atomic E-state index is 13.3. The van der Waals surface area contributed by atoms with Gasteiger partial charge in [-0.3, -0.25) is 4.79 Å². The molecule has 0 atom stereocenters. The molecular formula is C30H39N3O3. The number of nitrogens with zero attached hydrogens (tertiary/aromatic N) is 2. The molecule has 192 valence electrons. The highest BCUT2D eigenvalue weighted by atomic mass is 16.6. The van der Waals surface area contributed by atoms with Gasteiger partial charge in [-0.15, -0.1) is 0 Å². The summed E-state index contributed by atoms with van der Waals surface area (Å²) >= 11 is 0. The topological polar surface area (TPSA) is 61.9 Å². The van der Waals surface area contributed by atoms with E-state index in [-0.39, 0.29) is 12.0 Å². The van der Waals surface area contributed by atoms with E-state index in [0.717, 1.165) is 23.5 Å². The standard InChI is InChI=1S/C30H39N3O3/c1-19-9-8-10-23(20(19)2)30(17-32(18-30)27(35)36-28(3,4)5)31-22-13-14-24-25(15-22)33(16-21-11-12-21)26(34)29(24,6)7/h8-10,13-15,21,31H,11-12,16-18H2,1-7H3. The average molecular weight is 490 g/mol. The number of fused-ring (bicyclic) bond motifs is 1. The second-order valence-electron chi connectivity index (χ2n) is 12.5. The number of hydrogen-bond donors (Lipinski definition) is 1. The Morgan fingerprint density at radius 2 is 1.78 bits per heavy atom. The number of aryl methyl sites for hydroxylation is 1. The highest BCUT2D eigenvalue weighted by Crippen LogP contribution is 2.46. The number of hydrogen-bond acceptors (Lipinski definition) is 4. The number of likely N-dealkylation sites (tertiary alicyclic amines) is 1. The van der Waals surface area contributed by atoms with E-state index in [2.05, 4.69) is 55.6 Å². The molecule has 1 N–H and O–H groups in total. The van der Waals surface area contributed by atoms with Gasteiger partial charge in [0.1, 0.15) is 5.60 Å². The third kappa shape index (κ3) is 4.25. The molecule has 2 aromatic carbocycles. The number of benzene rings is 2. The third-order valence-corrected chi connectivity index (χ3v) is 7.96. The minimum atomic E-state index is -0.535. The van der Waals surface area contributed by atoms with Gasteiger partial charge in [0.25, 0.3) is 0 Å². The quantitative estimate of drug-likeness (QED) is 0.568. The Balaban J connectivity index is 1.47. The van der Waals surface area contributed by atoms with Crippen LogP contribution < -0.4 is 10.2 Å². The maximum absolute atomic E-state index is 13.3. The van der Waals surface area contributed by atoms with Crippen LogP contribution in [0, 0.1) is 19.8 Å². The number of carbonyl (C=O) groups excluding carboxylic acids is 2. The van der Waals surface area contributed by atoms with Crippen LogP contribution in [-0.2, 0) is 20.5 Å². The van der Waals surface area contributed by atoms with E-state index in [1.807, 2.05) is 39.5 Å². The predicted molar refractivity (Wildman–Crippen MR) is 144 cm³/mol. The summed E-state index contributed by atoms with van der Waals surface area (Å²) in [5.74, 6) is 0.799. The summed E-state index contributed by atoms with van der Waals surface area (Å²) in [5, 5.41) is 3.80. The first kappa shape index (κ1) is 24.7. The van der Waals surface area contributed by atoms with Crippen molar-refractivity contribution < 1.29 is 14.3 Å². The van der Waals surface area contributed by atoms with Gasteiger partial charge in [-0.2, -0.15) is 0 Å². The van der Waals surface area contributed by atoms with Crippen molar-refractivity contribution in [3.8, 4) is 0 Å². The Labute approximate surface area is 215 Å². The molecule has 0 radical (unpaired) electrons. The lowest BCUT2D eigenvalue weighted by molar-refractivity contribution is -0.122. The summed E-state index contributed by atoms with van der Waals surface area (Å²) in [6.45, 7) is 15.8. The van der Waals surface area contributed by atoms with Crippen LogP contribution in [0.2, 0.25) is 0 Å². The lowest BCUT2D eigenvalue weighted by Crippen LogP contribution is -2.65. The molecule has 0 unspecified atom stereocenters. The van der Waals surface area contributed by atoms with Crippen molar-refractivity contribution in [2.75, 3.05) is 29.9 Å². The van der Waals surface area contributed by atoms with Crippen LogP contribution in [0.5, 0.6) is 0 Å². The molecule has 2 fully saturated rings. The molecule has 5 rings (SSSR count). The maximum Gasteiger partial charge on any atom is 0.410 e. The first-order valence-electron chi connectivity index (χ1n) is 13.1. The second kappa shape index (κ2) is 8.25. The molecule has 0 bridgehead atoms. The summed E-state index contributed by atoms with van der Waals surface area (Å²) in [4.78, 5) is 29.9. The lowest BCUT2D eigenvalue weighted by Gasteiger charge is -2.51. The number of carbonyl (C=O) groups is 2. The van der Waals surface area contributed by atoms with Gasteiger partial charge in [-0.05, 0) is 102 Å². The third-order valence-electron chi connectivity index (χ3n) is 7.96. The fourth-order valence-corrected chi connectivity index (χ4v) is 5.59. The zero-order valence-corrected chi connectivity index (χ0v) is 22.7. The highest BCUT2D eigenvalue weighted by Gasteiger charge is 2.50. The summed E-state index contributed by atoms with van der Waals surface area (Å²) in [6.07, 6.45) is 2.11. The minimum absolute atomic E-state index is 0.186. The van der Waals surface area contributed by atoms with Gasteiger partial charge in [0, 0.05) is 17.9 Å². The molecule has 2 amide bonds. The molecule has 6 heteroatoms. The number of amides is 2. The van der Waals surface area contributed by atoms with Gasteiger partial charge in [0.05, 0.1) is 24.0 Å². The first-order chi connectivity index (χ1) is 16.8. The second-order valence-corrected chi connectivity index (χ2v) is 12.5. The van der Waals surface area contributed by atoms with Crippen molar-refractivity contribution in [3.05, 3.63) is 58.7 Å². The summed E-state index contributed by atoms with van der Waals surface area (Å²) in [5.41, 5.74) is 5.22. The Morgan fingerprint density at radius 3 is 2.42 bits per heavy atom. The fraction of sp³-hybridized carbons (Fsp3) is 0.533. The zero-order chi connectivity index (χ0) is 26.0. The van der Waals surface area contributed by atoms with Crippen molar-refractivity contribution in [2.45, 2.75) is 77.9 Å². The van der Waals surface area contributed by atoms with Crippen molar-refractivity contribution in [2.24, 2.45) is 5.92 Å². The Hall–Kier alpha value is -3.02. The van der Waals surface area contributed by atoms with E-state index in [4.69, 9.17) is 4.74 Å². The number of rotatable bonds is 5. The minimum Gasteiger partial charge on any atom is -0.444 e. The molecule has 1 saturated heterocycles. The molecule has 1 aliphatic carbocycles. The molecule has 2 aliphatic heterocycles. The molecule has 0 spiro atoms.